The van der Waals surface area contributed by atoms with Crippen molar-refractivity contribution in [3.63, 3.8) is 0 Å². The van der Waals surface area contributed by atoms with Crippen LogP contribution in [0.2, 0.25) is 0 Å². The second kappa shape index (κ2) is 11.4. The molecule has 2 fully saturated rings. The molecule has 202 valence electrons. The van der Waals surface area contributed by atoms with Crippen LogP contribution in [0.1, 0.15) is 91.3 Å². The smallest absolute Gasteiger partial charge is 0.309 e. The predicted octanol–water partition coefficient (Wildman–Crippen LogP) is 4.73. The second-order valence-electron chi connectivity index (χ2n) is 11.5. The average molecular weight is 522 g/mol. The zero-order chi connectivity index (χ0) is 26.8. The number of ether oxygens (including phenoxy) is 2. The molecule has 1 aromatic rings. The van der Waals surface area contributed by atoms with Crippen LogP contribution in [0, 0.1) is 17.3 Å². The van der Waals surface area contributed by atoms with E-state index in [1.165, 1.54) is 0 Å². The normalized spacial score (nSPS) is 36.8. The number of thiazole rings is 1. The van der Waals surface area contributed by atoms with Gasteiger partial charge in [0, 0.05) is 17.7 Å². The molecule has 3 heterocycles. The summed E-state index contributed by atoms with van der Waals surface area (Å²) in [5.41, 5.74) is 0.202. The number of rotatable bonds is 3. The van der Waals surface area contributed by atoms with E-state index in [4.69, 9.17) is 9.47 Å². The number of fused-ring (bicyclic) bond motifs is 1. The number of aliphatic hydroxyl groups is 2. The molecule has 7 nitrogen and oxygen atoms in total. The van der Waals surface area contributed by atoms with Crippen LogP contribution in [0.3, 0.4) is 0 Å². The summed E-state index contributed by atoms with van der Waals surface area (Å²) in [6, 6.07) is 0. The Morgan fingerprint density at radius 2 is 1.94 bits per heavy atom. The number of esters is 1. The van der Waals surface area contributed by atoms with Gasteiger partial charge in [-0.05, 0) is 50.7 Å². The molecule has 0 saturated carbocycles. The fraction of sp³-hybridized carbons (Fsp3) is 0.750. The molecule has 0 amide bonds. The lowest BCUT2D eigenvalue weighted by Crippen LogP contribution is -2.45. The van der Waals surface area contributed by atoms with E-state index in [-0.39, 0.29) is 29.8 Å². The Labute approximate surface area is 219 Å². The molecule has 2 aliphatic rings. The van der Waals surface area contributed by atoms with E-state index in [1.54, 1.807) is 32.1 Å². The average Bonchev–Trinajstić information content (AvgIpc) is 3.23. The molecule has 36 heavy (non-hydrogen) atoms. The van der Waals surface area contributed by atoms with Crippen LogP contribution in [0.15, 0.2) is 11.0 Å². The highest BCUT2D eigenvalue weighted by atomic mass is 32.1. The number of nitrogens with zero attached hydrogens (tertiary/aromatic N) is 1. The van der Waals surface area contributed by atoms with Crippen molar-refractivity contribution in [2.45, 2.75) is 117 Å². The molecular weight excluding hydrogens is 478 g/mol. The van der Waals surface area contributed by atoms with Crippen molar-refractivity contribution >= 4 is 29.2 Å². The van der Waals surface area contributed by atoms with Crippen LogP contribution >= 0.6 is 11.3 Å². The highest BCUT2D eigenvalue weighted by Gasteiger charge is 2.53. The molecule has 8 heteroatoms. The van der Waals surface area contributed by atoms with Crippen LogP contribution in [0.4, 0.5) is 0 Å². The maximum atomic E-state index is 13.2. The van der Waals surface area contributed by atoms with Gasteiger partial charge in [-0.1, -0.05) is 41.0 Å². The molecule has 2 N–H and O–H groups in total. The third-order valence-corrected chi connectivity index (χ3v) is 9.17. The molecule has 0 aromatic carbocycles. The zero-order valence-corrected chi connectivity index (χ0v) is 23.6. The van der Waals surface area contributed by atoms with E-state index >= 15 is 0 Å². The van der Waals surface area contributed by atoms with Gasteiger partial charge in [-0.2, -0.15) is 0 Å². The number of aryl methyl sites for hydroxylation is 1. The van der Waals surface area contributed by atoms with Crippen molar-refractivity contribution in [1.29, 1.82) is 0 Å². The van der Waals surface area contributed by atoms with Gasteiger partial charge in [-0.15, -0.1) is 11.3 Å². The van der Waals surface area contributed by atoms with Crippen molar-refractivity contribution in [3.05, 3.63) is 21.7 Å². The van der Waals surface area contributed by atoms with Crippen LogP contribution in [-0.4, -0.2) is 57.0 Å². The van der Waals surface area contributed by atoms with Crippen molar-refractivity contribution in [2.24, 2.45) is 17.3 Å². The van der Waals surface area contributed by atoms with E-state index in [2.05, 4.69) is 18.8 Å². The Balaban J connectivity index is 1.85. The molecule has 0 radical (unpaired) electrons. The minimum absolute atomic E-state index is 0.0460. The van der Waals surface area contributed by atoms with Crippen molar-refractivity contribution < 1.29 is 29.3 Å². The van der Waals surface area contributed by atoms with Gasteiger partial charge in [0.05, 0.1) is 46.5 Å². The quantitative estimate of drug-likeness (QED) is 0.437. The molecule has 7 atom stereocenters. The van der Waals surface area contributed by atoms with Crippen LogP contribution in [0.25, 0.3) is 6.08 Å². The van der Waals surface area contributed by atoms with E-state index in [9.17, 15) is 19.8 Å². The third kappa shape index (κ3) is 6.63. The maximum absolute atomic E-state index is 13.2. The topological polar surface area (TPSA) is 109 Å². The van der Waals surface area contributed by atoms with Gasteiger partial charge < -0.3 is 19.7 Å². The molecule has 1 aromatic heterocycles. The van der Waals surface area contributed by atoms with E-state index in [1.807, 2.05) is 25.3 Å². The van der Waals surface area contributed by atoms with Crippen molar-refractivity contribution in [3.8, 4) is 0 Å². The third-order valence-electron chi connectivity index (χ3n) is 8.16. The lowest BCUT2D eigenvalue weighted by Gasteiger charge is -2.34. The number of carbonyl (C=O) groups is 2. The van der Waals surface area contributed by atoms with Gasteiger partial charge >= 0.3 is 5.97 Å². The van der Waals surface area contributed by atoms with Gasteiger partial charge in [0.15, 0.2) is 0 Å². The first-order valence-electron chi connectivity index (χ1n) is 13.2. The van der Waals surface area contributed by atoms with Crippen molar-refractivity contribution in [1.82, 2.24) is 4.98 Å². The summed E-state index contributed by atoms with van der Waals surface area (Å²) in [5, 5.41) is 24.8. The molecule has 2 saturated heterocycles. The minimum Gasteiger partial charge on any atom is -0.458 e. The highest BCUT2D eigenvalue weighted by molar-refractivity contribution is 7.09. The molecule has 2 aliphatic heterocycles. The lowest BCUT2D eigenvalue weighted by molar-refractivity contribution is -0.154. The van der Waals surface area contributed by atoms with Crippen LogP contribution < -0.4 is 0 Å². The Bertz CT molecular complexity index is 971. The molecule has 3 rings (SSSR count). The zero-order valence-electron chi connectivity index (χ0n) is 22.7. The molecular formula is C28H43NO6S. The number of ketones is 1. The molecule has 0 aliphatic carbocycles. The Morgan fingerprint density at radius 1 is 1.25 bits per heavy atom. The number of Topliss-reactive ketones (excluding diaryl/α,β-unsaturated/α-hetero) is 1. The van der Waals surface area contributed by atoms with E-state index in [0.717, 1.165) is 42.0 Å². The number of cyclic esters (lactones) is 1. The van der Waals surface area contributed by atoms with Crippen molar-refractivity contribution in [2.75, 3.05) is 0 Å². The summed E-state index contributed by atoms with van der Waals surface area (Å²) in [6.07, 6.45) is 2.87. The monoisotopic (exact) mass is 521 g/mol. The summed E-state index contributed by atoms with van der Waals surface area (Å²) in [6.45, 7) is 13.0. The highest BCUT2D eigenvalue weighted by Crippen LogP contribution is 2.45. The first kappa shape index (κ1) is 29.0. The van der Waals surface area contributed by atoms with Crippen LogP contribution in [0.5, 0.6) is 0 Å². The predicted molar refractivity (Wildman–Crippen MR) is 141 cm³/mol. The largest absolute Gasteiger partial charge is 0.458 e. The van der Waals surface area contributed by atoms with Gasteiger partial charge in [-0.25, -0.2) is 4.98 Å². The molecule has 3 unspecified atom stereocenters. The van der Waals surface area contributed by atoms with Crippen LogP contribution in [-0.2, 0) is 25.5 Å². The van der Waals surface area contributed by atoms with E-state index in [0.29, 0.717) is 6.42 Å². The van der Waals surface area contributed by atoms with Gasteiger partial charge in [0.2, 0.25) is 0 Å². The standard InChI is InChI=1S/C28H43NO6S/c1-8-23-29-19(15-36-23)12-17(3)20-13-22-28(7,35-22)11-9-10-16(2)25(32)18(4)26(33)27(5,6)21(30)14-24(31)34-20/h12,15-16,18,20-22,25,30,32H,8-11,13-14H2,1-7H3/b17-12+/t16?,18?,20?,21-,22-,25-,28+/m0/s1. The number of carbonyl (C=O) groups excluding carboxylic acids is 2. The van der Waals surface area contributed by atoms with Gasteiger partial charge in [-0.3, -0.25) is 9.59 Å². The lowest BCUT2D eigenvalue weighted by atomic mass is 9.73. The number of hydrogen-bond donors (Lipinski definition) is 2. The summed E-state index contributed by atoms with van der Waals surface area (Å²) in [4.78, 5) is 30.8. The van der Waals surface area contributed by atoms with E-state index < -0.39 is 35.6 Å². The number of aromatic nitrogens is 1. The molecule has 0 spiro atoms. The van der Waals surface area contributed by atoms with Gasteiger partial charge in [0.25, 0.3) is 0 Å². The van der Waals surface area contributed by atoms with Gasteiger partial charge in [0.1, 0.15) is 11.9 Å². The fourth-order valence-corrected chi connectivity index (χ4v) is 5.88. The Morgan fingerprint density at radius 3 is 2.58 bits per heavy atom. The number of aliphatic hydroxyl groups excluding tert-OH is 2. The summed E-state index contributed by atoms with van der Waals surface area (Å²) >= 11 is 1.60. The number of epoxide rings is 1. The number of hydrogen-bond acceptors (Lipinski definition) is 8. The second-order valence-corrected chi connectivity index (χ2v) is 12.4. The summed E-state index contributed by atoms with van der Waals surface area (Å²) < 4.78 is 12.0. The first-order valence-corrected chi connectivity index (χ1v) is 14.1. The first-order chi connectivity index (χ1) is 16.8. The summed E-state index contributed by atoms with van der Waals surface area (Å²) in [5.74, 6) is -1.54. The fourth-order valence-electron chi connectivity index (χ4n) is 5.17. The maximum Gasteiger partial charge on any atom is 0.309 e. The summed E-state index contributed by atoms with van der Waals surface area (Å²) in [7, 11) is 0. The SMILES string of the molecule is CCc1nc(/C=C(\C)C2C[C@@H]3O[C@]3(C)CCCC(C)[C@H](O)C(C)C(=O)C(C)(C)[C@@H](O)CC(=O)O2)cs1. The minimum atomic E-state index is -1.23. The Kier molecular flexibility index (Phi) is 9.18. The Hall–Kier alpha value is -1.61. The molecule has 0 bridgehead atoms.